The first-order valence-corrected chi connectivity index (χ1v) is 8.13. The van der Waals surface area contributed by atoms with Gasteiger partial charge in [-0.05, 0) is 18.2 Å². The van der Waals surface area contributed by atoms with E-state index < -0.39 is 23.5 Å². The lowest BCUT2D eigenvalue weighted by Crippen LogP contribution is -2.32. The SMILES string of the molecule is CC(=O)N(CCC(=O)Nc1ccccc1C(F)(F)F)Cc1ccccc1F. The molecule has 0 unspecified atom stereocenters. The van der Waals surface area contributed by atoms with Crippen LogP contribution in [0.4, 0.5) is 23.2 Å². The maximum atomic E-state index is 13.7. The fourth-order valence-corrected chi connectivity index (χ4v) is 2.47. The molecule has 0 atom stereocenters. The van der Waals surface area contributed by atoms with Crippen LogP contribution in [-0.2, 0) is 22.3 Å². The largest absolute Gasteiger partial charge is 0.418 e. The van der Waals surface area contributed by atoms with Crippen molar-refractivity contribution in [2.45, 2.75) is 26.1 Å². The Morgan fingerprint density at radius 1 is 1.04 bits per heavy atom. The zero-order valence-electron chi connectivity index (χ0n) is 14.5. The maximum absolute atomic E-state index is 13.7. The Kier molecular flexibility index (Phi) is 6.55. The first kappa shape index (κ1) is 20.4. The van der Waals surface area contributed by atoms with E-state index in [0.29, 0.717) is 0 Å². The predicted octanol–water partition coefficient (Wildman–Crippen LogP) is 4.22. The van der Waals surface area contributed by atoms with Gasteiger partial charge < -0.3 is 10.2 Å². The van der Waals surface area contributed by atoms with Gasteiger partial charge in [-0.1, -0.05) is 30.3 Å². The third-order valence-electron chi connectivity index (χ3n) is 3.88. The summed E-state index contributed by atoms with van der Waals surface area (Å²) < 4.78 is 52.6. The molecule has 2 rings (SSSR count). The summed E-state index contributed by atoms with van der Waals surface area (Å²) in [6.07, 6.45) is -4.82. The van der Waals surface area contributed by atoms with E-state index in [2.05, 4.69) is 5.32 Å². The predicted molar refractivity (Wildman–Crippen MR) is 92.2 cm³/mol. The molecule has 0 spiro atoms. The molecule has 2 amide bonds. The number of nitrogens with one attached hydrogen (secondary N) is 1. The van der Waals surface area contributed by atoms with Crippen LogP contribution in [0, 0.1) is 5.82 Å². The third-order valence-corrected chi connectivity index (χ3v) is 3.88. The molecule has 0 bridgehead atoms. The van der Waals surface area contributed by atoms with Gasteiger partial charge in [0.25, 0.3) is 0 Å². The van der Waals surface area contributed by atoms with Crippen molar-refractivity contribution in [2.75, 3.05) is 11.9 Å². The van der Waals surface area contributed by atoms with Gasteiger partial charge in [-0.2, -0.15) is 13.2 Å². The summed E-state index contributed by atoms with van der Waals surface area (Å²) in [7, 11) is 0. The van der Waals surface area contributed by atoms with Crippen molar-refractivity contribution in [1.29, 1.82) is 0 Å². The molecule has 2 aromatic rings. The standard InChI is InChI=1S/C19H18F4N2O2/c1-13(26)25(12-14-6-2-4-8-16(14)20)11-10-18(27)24-17-9-5-3-7-15(17)19(21,22)23/h2-9H,10-12H2,1H3,(H,24,27). The summed E-state index contributed by atoms with van der Waals surface area (Å²) >= 11 is 0. The Morgan fingerprint density at radius 3 is 2.30 bits per heavy atom. The fourth-order valence-electron chi connectivity index (χ4n) is 2.47. The van der Waals surface area contributed by atoms with Gasteiger partial charge in [-0.25, -0.2) is 4.39 Å². The minimum Gasteiger partial charge on any atom is -0.338 e. The van der Waals surface area contributed by atoms with Gasteiger partial charge >= 0.3 is 6.18 Å². The second-order valence-corrected chi connectivity index (χ2v) is 5.87. The quantitative estimate of drug-likeness (QED) is 0.761. The number of alkyl halides is 3. The van der Waals surface area contributed by atoms with Crippen molar-refractivity contribution in [1.82, 2.24) is 4.90 Å². The van der Waals surface area contributed by atoms with E-state index in [1.165, 1.54) is 42.2 Å². The number of benzene rings is 2. The van der Waals surface area contributed by atoms with E-state index in [1.54, 1.807) is 6.07 Å². The molecule has 8 heteroatoms. The number of amides is 2. The Labute approximate surface area is 153 Å². The molecule has 4 nitrogen and oxygen atoms in total. The molecule has 0 aromatic heterocycles. The van der Waals surface area contributed by atoms with Gasteiger partial charge in [-0.3, -0.25) is 9.59 Å². The van der Waals surface area contributed by atoms with E-state index in [9.17, 15) is 27.2 Å². The van der Waals surface area contributed by atoms with Gasteiger partial charge in [-0.15, -0.1) is 0 Å². The minimum atomic E-state index is -4.60. The number of carbonyl (C=O) groups excluding carboxylic acids is 2. The lowest BCUT2D eigenvalue weighted by molar-refractivity contribution is -0.137. The molecule has 0 saturated carbocycles. The number of carbonyl (C=O) groups is 2. The summed E-state index contributed by atoms with van der Waals surface area (Å²) in [4.78, 5) is 25.0. The van der Waals surface area contributed by atoms with Gasteiger partial charge in [0.2, 0.25) is 11.8 Å². The zero-order valence-corrected chi connectivity index (χ0v) is 14.5. The van der Waals surface area contributed by atoms with Gasteiger partial charge in [0.15, 0.2) is 0 Å². The third kappa shape index (κ3) is 5.80. The van der Waals surface area contributed by atoms with E-state index in [4.69, 9.17) is 0 Å². The highest BCUT2D eigenvalue weighted by Gasteiger charge is 2.33. The summed E-state index contributed by atoms with van der Waals surface area (Å²) in [5, 5.41) is 2.22. The topological polar surface area (TPSA) is 49.4 Å². The molecule has 0 aliphatic rings. The van der Waals surface area contributed by atoms with E-state index in [0.717, 1.165) is 12.1 Å². The monoisotopic (exact) mass is 382 g/mol. The van der Waals surface area contributed by atoms with Crippen LogP contribution in [0.5, 0.6) is 0 Å². The molecule has 27 heavy (non-hydrogen) atoms. The molecule has 0 aliphatic heterocycles. The number of para-hydroxylation sites is 1. The molecule has 1 N–H and O–H groups in total. The lowest BCUT2D eigenvalue weighted by Gasteiger charge is -2.21. The number of halogens is 4. The van der Waals surface area contributed by atoms with Crippen LogP contribution in [0.1, 0.15) is 24.5 Å². The molecule has 0 heterocycles. The van der Waals surface area contributed by atoms with Crippen molar-refractivity contribution < 1.29 is 27.2 Å². The highest BCUT2D eigenvalue weighted by atomic mass is 19.4. The first-order chi connectivity index (χ1) is 12.7. The Hall–Kier alpha value is -2.90. The molecule has 0 saturated heterocycles. The van der Waals surface area contributed by atoms with E-state index in [-0.39, 0.29) is 36.7 Å². The number of anilines is 1. The highest BCUT2D eigenvalue weighted by Crippen LogP contribution is 2.34. The van der Waals surface area contributed by atoms with Gasteiger partial charge in [0.05, 0.1) is 11.3 Å². The van der Waals surface area contributed by atoms with Crippen LogP contribution in [0.3, 0.4) is 0 Å². The van der Waals surface area contributed by atoms with Crippen molar-refractivity contribution in [3.05, 3.63) is 65.5 Å². The molecular formula is C19H18F4N2O2. The molecule has 0 fully saturated rings. The Balaban J connectivity index is 2.01. The average Bonchev–Trinajstić information content (AvgIpc) is 2.59. The van der Waals surface area contributed by atoms with Crippen molar-refractivity contribution >= 4 is 17.5 Å². The van der Waals surface area contributed by atoms with Crippen molar-refractivity contribution in [3.8, 4) is 0 Å². The Morgan fingerprint density at radius 2 is 1.67 bits per heavy atom. The summed E-state index contributed by atoms with van der Waals surface area (Å²) in [6.45, 7) is 1.19. The second kappa shape index (κ2) is 8.66. The average molecular weight is 382 g/mol. The van der Waals surface area contributed by atoms with Crippen LogP contribution >= 0.6 is 0 Å². The second-order valence-electron chi connectivity index (χ2n) is 5.87. The number of hydrogen-bond acceptors (Lipinski definition) is 2. The van der Waals surface area contributed by atoms with E-state index in [1.807, 2.05) is 0 Å². The molecule has 0 aliphatic carbocycles. The van der Waals surface area contributed by atoms with Crippen LogP contribution < -0.4 is 5.32 Å². The Bertz CT molecular complexity index is 821. The van der Waals surface area contributed by atoms with Gasteiger partial charge in [0.1, 0.15) is 5.82 Å². The normalized spacial score (nSPS) is 11.1. The number of nitrogens with zero attached hydrogens (tertiary/aromatic N) is 1. The molecule has 144 valence electrons. The number of hydrogen-bond donors (Lipinski definition) is 1. The first-order valence-electron chi connectivity index (χ1n) is 8.13. The number of rotatable bonds is 6. The van der Waals surface area contributed by atoms with Crippen LogP contribution in [0.15, 0.2) is 48.5 Å². The smallest absolute Gasteiger partial charge is 0.338 e. The molecule has 2 aromatic carbocycles. The summed E-state index contributed by atoms with van der Waals surface area (Å²) in [5.74, 6) is -1.53. The minimum absolute atomic E-state index is 0.0333. The fraction of sp³-hybridized carbons (Fsp3) is 0.263. The lowest BCUT2D eigenvalue weighted by atomic mass is 10.1. The van der Waals surface area contributed by atoms with Crippen molar-refractivity contribution in [3.63, 3.8) is 0 Å². The van der Waals surface area contributed by atoms with Crippen LogP contribution in [0.2, 0.25) is 0 Å². The van der Waals surface area contributed by atoms with Crippen LogP contribution in [0.25, 0.3) is 0 Å². The highest BCUT2D eigenvalue weighted by molar-refractivity contribution is 5.92. The maximum Gasteiger partial charge on any atom is 0.418 e. The van der Waals surface area contributed by atoms with Gasteiger partial charge in [0, 0.05) is 32.0 Å². The van der Waals surface area contributed by atoms with E-state index >= 15 is 0 Å². The molecular weight excluding hydrogens is 364 g/mol. The van der Waals surface area contributed by atoms with Crippen LogP contribution in [-0.4, -0.2) is 23.3 Å². The summed E-state index contributed by atoms with van der Waals surface area (Å²) in [5.41, 5.74) is -1.01. The molecule has 0 radical (unpaired) electrons. The van der Waals surface area contributed by atoms with Crippen molar-refractivity contribution in [2.24, 2.45) is 0 Å². The zero-order chi connectivity index (χ0) is 20.0. The summed E-state index contributed by atoms with van der Waals surface area (Å²) in [6, 6.07) is 10.5.